The summed E-state index contributed by atoms with van der Waals surface area (Å²) in [7, 11) is 1.61. The highest BCUT2D eigenvalue weighted by Crippen LogP contribution is 2.30. The zero-order valence-corrected chi connectivity index (χ0v) is 12.9. The van der Waals surface area contributed by atoms with Crippen LogP contribution in [0, 0.1) is 0 Å². The molecule has 4 nitrogen and oxygen atoms in total. The third-order valence-corrected chi connectivity index (χ3v) is 3.66. The van der Waals surface area contributed by atoms with E-state index in [-0.39, 0.29) is 18.8 Å². The predicted molar refractivity (Wildman–Crippen MR) is 79.6 cm³/mol. The Hall–Kier alpha value is -1.33. The molecular weight excluding hydrogens is 273 g/mol. The van der Waals surface area contributed by atoms with Crippen LogP contribution < -0.4 is 9.47 Å². The van der Waals surface area contributed by atoms with Gasteiger partial charge in [-0.3, -0.25) is 4.90 Å². The van der Waals surface area contributed by atoms with Gasteiger partial charge in [-0.2, -0.15) is 0 Å². The molecule has 2 atom stereocenters. The monoisotopic (exact) mass is 297 g/mol. The van der Waals surface area contributed by atoms with Crippen molar-refractivity contribution in [2.75, 3.05) is 20.3 Å². The van der Waals surface area contributed by atoms with Crippen LogP contribution in [0.2, 0.25) is 0 Å². The average Bonchev–Trinajstić information content (AvgIpc) is 2.79. The molecule has 118 valence electrons. The van der Waals surface area contributed by atoms with Crippen molar-refractivity contribution in [2.24, 2.45) is 0 Å². The van der Waals surface area contributed by atoms with E-state index in [0.29, 0.717) is 31.0 Å². The summed E-state index contributed by atoms with van der Waals surface area (Å²) in [4.78, 5) is 1.97. The molecule has 5 heteroatoms. The van der Waals surface area contributed by atoms with E-state index < -0.39 is 6.17 Å². The van der Waals surface area contributed by atoms with Gasteiger partial charge >= 0.3 is 0 Å². The number of methoxy groups -OCH3 is 1. The maximum Gasteiger partial charge on any atom is 0.161 e. The number of likely N-dealkylation sites (tertiary alicyclic amines) is 1. The summed E-state index contributed by atoms with van der Waals surface area (Å²) in [5, 5.41) is 9.32. The summed E-state index contributed by atoms with van der Waals surface area (Å²) in [5.74, 6) is 1.39. The largest absolute Gasteiger partial charge is 0.493 e. The zero-order chi connectivity index (χ0) is 15.4. The third-order valence-electron chi connectivity index (χ3n) is 3.66. The van der Waals surface area contributed by atoms with E-state index >= 15 is 0 Å². The van der Waals surface area contributed by atoms with Crippen molar-refractivity contribution >= 4 is 0 Å². The minimum absolute atomic E-state index is 0.00784. The maximum atomic E-state index is 13.5. The van der Waals surface area contributed by atoms with E-state index in [1.165, 1.54) is 0 Å². The van der Waals surface area contributed by atoms with Crippen molar-refractivity contribution in [1.29, 1.82) is 0 Å². The van der Waals surface area contributed by atoms with E-state index in [2.05, 4.69) is 0 Å². The number of halogens is 1. The first-order valence-corrected chi connectivity index (χ1v) is 7.36. The van der Waals surface area contributed by atoms with Crippen molar-refractivity contribution < 1.29 is 19.0 Å². The van der Waals surface area contributed by atoms with Crippen molar-refractivity contribution in [3.8, 4) is 11.5 Å². The molecule has 1 aromatic rings. The van der Waals surface area contributed by atoms with Gasteiger partial charge in [-0.15, -0.1) is 0 Å². The van der Waals surface area contributed by atoms with Crippen LogP contribution in [0.3, 0.4) is 0 Å². The van der Waals surface area contributed by atoms with E-state index in [1.807, 2.05) is 36.9 Å². The fraction of sp³-hybridized carbons (Fsp3) is 0.625. The Balaban J connectivity index is 2.10. The second kappa shape index (κ2) is 7.09. The van der Waals surface area contributed by atoms with Gasteiger partial charge < -0.3 is 14.6 Å². The Labute approximate surface area is 125 Å². The molecule has 0 aliphatic carbocycles. The van der Waals surface area contributed by atoms with Gasteiger partial charge in [0.1, 0.15) is 6.17 Å². The summed E-state index contributed by atoms with van der Waals surface area (Å²) in [6.45, 7) is 4.89. The lowest BCUT2D eigenvalue weighted by atomic mass is 10.1. The minimum atomic E-state index is -0.854. The topological polar surface area (TPSA) is 41.9 Å². The van der Waals surface area contributed by atoms with Crippen LogP contribution in [-0.2, 0) is 6.54 Å². The molecule has 0 aromatic heterocycles. The molecule has 0 radical (unpaired) electrons. The molecule has 0 saturated carbocycles. The highest BCUT2D eigenvalue weighted by Gasteiger charge is 2.31. The number of aliphatic hydroxyl groups excluding tert-OH is 1. The molecule has 1 aliphatic heterocycles. The van der Waals surface area contributed by atoms with E-state index in [9.17, 15) is 9.50 Å². The number of hydrogen-bond donors (Lipinski definition) is 1. The fourth-order valence-electron chi connectivity index (χ4n) is 2.70. The number of nitrogens with zero attached hydrogens (tertiary/aromatic N) is 1. The third kappa shape index (κ3) is 4.08. The molecular formula is C16H24FNO3. The van der Waals surface area contributed by atoms with E-state index in [1.54, 1.807) is 7.11 Å². The summed E-state index contributed by atoms with van der Waals surface area (Å²) in [6.07, 6.45) is -0.371. The molecule has 0 unspecified atom stereocenters. The van der Waals surface area contributed by atoms with Crippen LogP contribution in [0.1, 0.15) is 25.8 Å². The van der Waals surface area contributed by atoms with E-state index in [0.717, 1.165) is 5.56 Å². The highest BCUT2D eigenvalue weighted by atomic mass is 19.1. The number of hydrogen-bond acceptors (Lipinski definition) is 4. The normalized spacial score (nSPS) is 22.8. The molecule has 21 heavy (non-hydrogen) atoms. The summed E-state index contributed by atoms with van der Waals surface area (Å²) >= 11 is 0. The summed E-state index contributed by atoms with van der Waals surface area (Å²) in [5.41, 5.74) is 1.02. The first-order chi connectivity index (χ1) is 10.0. The number of aliphatic hydroxyl groups is 1. The van der Waals surface area contributed by atoms with Gasteiger partial charge in [-0.1, -0.05) is 6.07 Å². The Morgan fingerprint density at radius 1 is 1.38 bits per heavy atom. The lowest BCUT2D eigenvalue weighted by molar-refractivity contribution is 0.153. The molecule has 1 fully saturated rings. The first kappa shape index (κ1) is 16.0. The van der Waals surface area contributed by atoms with Crippen LogP contribution in [0.15, 0.2) is 18.2 Å². The first-order valence-electron chi connectivity index (χ1n) is 7.36. The zero-order valence-electron chi connectivity index (χ0n) is 12.9. The fourth-order valence-corrected chi connectivity index (χ4v) is 2.70. The smallest absolute Gasteiger partial charge is 0.161 e. The van der Waals surface area contributed by atoms with Crippen LogP contribution in [0.25, 0.3) is 0 Å². The van der Waals surface area contributed by atoms with Gasteiger partial charge in [0.2, 0.25) is 0 Å². The molecule has 0 bridgehead atoms. The number of ether oxygens (including phenoxy) is 2. The van der Waals surface area contributed by atoms with Crippen LogP contribution >= 0.6 is 0 Å². The van der Waals surface area contributed by atoms with Crippen molar-refractivity contribution in [3.63, 3.8) is 0 Å². The van der Waals surface area contributed by atoms with Crippen LogP contribution in [0.4, 0.5) is 4.39 Å². The number of rotatable bonds is 6. The van der Waals surface area contributed by atoms with Gasteiger partial charge in [0.25, 0.3) is 0 Å². The Bertz CT molecular complexity index is 467. The maximum absolute atomic E-state index is 13.5. The summed E-state index contributed by atoms with van der Waals surface area (Å²) < 4.78 is 24.5. The number of alkyl halides is 1. The average molecular weight is 297 g/mol. The molecule has 2 rings (SSSR count). The van der Waals surface area contributed by atoms with Gasteiger partial charge in [0.15, 0.2) is 11.5 Å². The molecule has 1 heterocycles. The van der Waals surface area contributed by atoms with Crippen molar-refractivity contribution in [3.05, 3.63) is 23.8 Å². The Morgan fingerprint density at radius 3 is 2.76 bits per heavy atom. The number of benzene rings is 1. The van der Waals surface area contributed by atoms with Gasteiger partial charge in [-0.05, 0) is 38.0 Å². The van der Waals surface area contributed by atoms with Gasteiger partial charge in [-0.25, -0.2) is 4.39 Å². The molecule has 1 aromatic carbocycles. The van der Waals surface area contributed by atoms with E-state index in [4.69, 9.17) is 9.47 Å². The second-order valence-electron chi connectivity index (χ2n) is 5.75. The Morgan fingerprint density at radius 2 is 2.14 bits per heavy atom. The molecule has 0 spiro atoms. The highest BCUT2D eigenvalue weighted by molar-refractivity contribution is 5.43. The minimum Gasteiger partial charge on any atom is -0.493 e. The van der Waals surface area contributed by atoms with Crippen LogP contribution in [0.5, 0.6) is 11.5 Å². The van der Waals surface area contributed by atoms with Crippen molar-refractivity contribution in [2.45, 2.75) is 45.1 Å². The lowest BCUT2D eigenvalue weighted by Crippen LogP contribution is -2.31. The predicted octanol–water partition coefficient (Wildman–Crippen LogP) is 2.39. The SMILES string of the molecule is COc1cc(CN2C[C@@H](F)C[C@H]2CO)ccc1OC(C)C. The Kier molecular flexibility index (Phi) is 5.42. The standard InChI is InChI=1S/C16H24FNO3/c1-11(2)21-15-5-4-12(6-16(15)20-3)8-18-9-13(17)7-14(18)10-19/h4-6,11,13-14,19H,7-10H2,1-3H3/t13-,14-/m0/s1. The molecule has 1 N–H and O–H groups in total. The van der Waals surface area contributed by atoms with Gasteiger partial charge in [0.05, 0.1) is 19.8 Å². The van der Waals surface area contributed by atoms with Crippen molar-refractivity contribution in [1.82, 2.24) is 4.90 Å². The quantitative estimate of drug-likeness (QED) is 0.875. The molecule has 1 saturated heterocycles. The lowest BCUT2D eigenvalue weighted by Gasteiger charge is -2.23. The molecule has 0 amide bonds. The van der Waals surface area contributed by atoms with Crippen LogP contribution in [-0.4, -0.2) is 48.6 Å². The summed E-state index contributed by atoms with van der Waals surface area (Å²) in [6, 6.07) is 5.65. The van der Waals surface area contributed by atoms with Gasteiger partial charge in [0, 0.05) is 19.1 Å². The second-order valence-corrected chi connectivity index (χ2v) is 5.75. The molecule has 1 aliphatic rings.